The molecule has 3 heterocycles. The van der Waals surface area contributed by atoms with E-state index in [1.807, 2.05) is 22.9 Å². The summed E-state index contributed by atoms with van der Waals surface area (Å²) in [7, 11) is 3.41. The van der Waals surface area contributed by atoms with Crippen molar-refractivity contribution in [1.29, 1.82) is 0 Å². The van der Waals surface area contributed by atoms with Gasteiger partial charge in [0.1, 0.15) is 24.8 Å². The van der Waals surface area contributed by atoms with E-state index < -0.39 is 0 Å². The number of nitrogens with one attached hydrogen (secondary N) is 2. The second kappa shape index (κ2) is 8.99. The molecule has 2 aromatic rings. The first-order valence-corrected chi connectivity index (χ1v) is 9.66. The summed E-state index contributed by atoms with van der Waals surface area (Å²) in [6.45, 7) is 2.56. The molecule has 0 saturated heterocycles. The summed E-state index contributed by atoms with van der Waals surface area (Å²) in [6, 6.07) is 5.80. The fourth-order valence-electron chi connectivity index (χ4n) is 3.36. The maximum Gasteiger partial charge on any atom is 0.231 e. The Morgan fingerprint density at radius 2 is 2.24 bits per heavy atom. The number of benzene rings is 1. The summed E-state index contributed by atoms with van der Waals surface area (Å²) in [4.78, 5) is 8.81. The van der Waals surface area contributed by atoms with E-state index in [1.54, 1.807) is 14.2 Å². The van der Waals surface area contributed by atoms with Crippen molar-refractivity contribution in [2.24, 2.45) is 4.99 Å². The van der Waals surface area contributed by atoms with Crippen LogP contribution < -0.4 is 24.8 Å². The zero-order chi connectivity index (χ0) is 20.1. The first-order chi connectivity index (χ1) is 14.2. The molecule has 29 heavy (non-hydrogen) atoms. The molecule has 1 atom stereocenters. The Morgan fingerprint density at radius 1 is 1.34 bits per heavy atom. The van der Waals surface area contributed by atoms with Gasteiger partial charge in [0.05, 0.1) is 13.1 Å². The van der Waals surface area contributed by atoms with Crippen LogP contribution in [-0.4, -0.2) is 60.9 Å². The number of hydrogen-bond acceptors (Lipinski definition) is 7. The Morgan fingerprint density at radius 3 is 3.10 bits per heavy atom. The molecule has 1 aromatic heterocycles. The van der Waals surface area contributed by atoms with Crippen molar-refractivity contribution in [2.75, 3.05) is 34.1 Å². The monoisotopic (exact) mass is 402 g/mol. The lowest BCUT2D eigenvalue weighted by atomic mass is 10.1. The molecule has 0 aliphatic carbocycles. The maximum atomic E-state index is 5.77. The number of methoxy groups -OCH3 is 1. The highest BCUT2D eigenvalue weighted by molar-refractivity contribution is 5.79. The van der Waals surface area contributed by atoms with Crippen LogP contribution in [0.15, 0.2) is 23.2 Å². The van der Waals surface area contributed by atoms with Crippen molar-refractivity contribution in [3.63, 3.8) is 0 Å². The minimum absolute atomic E-state index is 0.237. The van der Waals surface area contributed by atoms with E-state index in [0.29, 0.717) is 25.5 Å². The van der Waals surface area contributed by atoms with Crippen molar-refractivity contribution >= 4 is 5.96 Å². The van der Waals surface area contributed by atoms with Gasteiger partial charge in [-0.1, -0.05) is 0 Å². The zero-order valence-electron chi connectivity index (χ0n) is 16.7. The lowest BCUT2D eigenvalue weighted by Gasteiger charge is -2.25. The van der Waals surface area contributed by atoms with E-state index in [1.165, 1.54) is 0 Å². The van der Waals surface area contributed by atoms with Gasteiger partial charge in [-0.2, -0.15) is 5.10 Å². The van der Waals surface area contributed by atoms with Gasteiger partial charge in [-0.05, 0) is 18.6 Å². The van der Waals surface area contributed by atoms with Crippen LogP contribution >= 0.6 is 0 Å². The van der Waals surface area contributed by atoms with Crippen LogP contribution in [0.5, 0.6) is 17.2 Å². The topological polar surface area (TPSA) is 104 Å². The number of fused-ring (bicyclic) bond motifs is 2. The molecule has 10 heteroatoms. The van der Waals surface area contributed by atoms with Gasteiger partial charge in [0.2, 0.25) is 6.79 Å². The largest absolute Gasteiger partial charge is 0.492 e. The number of rotatable bonds is 7. The Bertz CT molecular complexity index is 868. The molecule has 4 rings (SSSR count). The highest BCUT2D eigenvalue weighted by Crippen LogP contribution is 2.34. The summed E-state index contributed by atoms with van der Waals surface area (Å²) in [6.07, 6.45) is 1.85. The number of aliphatic imine (C=N–C) groups is 1. The molecule has 1 unspecified atom stereocenters. The van der Waals surface area contributed by atoms with Crippen molar-refractivity contribution < 1.29 is 18.9 Å². The SMILES string of the molecule is CN=C(NCCOc1ccc2c(c1)OCO2)NC1CCc2nc(COC)nn2C1. The fraction of sp³-hybridized carbons (Fsp3) is 0.526. The lowest BCUT2D eigenvalue weighted by Crippen LogP contribution is -2.47. The second-order valence-corrected chi connectivity index (χ2v) is 6.80. The average Bonchev–Trinajstić information content (AvgIpc) is 3.36. The van der Waals surface area contributed by atoms with Gasteiger partial charge >= 0.3 is 0 Å². The van der Waals surface area contributed by atoms with Crippen molar-refractivity contribution in [2.45, 2.75) is 32.0 Å². The Hall–Kier alpha value is -3.01. The molecule has 2 aliphatic rings. The van der Waals surface area contributed by atoms with Gasteiger partial charge in [0.15, 0.2) is 23.3 Å². The molecule has 2 N–H and O–H groups in total. The summed E-state index contributed by atoms with van der Waals surface area (Å²) < 4.78 is 23.5. The Balaban J connectivity index is 1.21. The van der Waals surface area contributed by atoms with Crippen LogP contribution in [0.25, 0.3) is 0 Å². The smallest absolute Gasteiger partial charge is 0.231 e. The molecule has 0 radical (unpaired) electrons. The predicted octanol–water partition coefficient (Wildman–Crippen LogP) is 0.712. The van der Waals surface area contributed by atoms with E-state index in [4.69, 9.17) is 18.9 Å². The summed E-state index contributed by atoms with van der Waals surface area (Å²) >= 11 is 0. The number of guanidine groups is 1. The molecule has 0 saturated carbocycles. The zero-order valence-corrected chi connectivity index (χ0v) is 16.7. The third kappa shape index (κ3) is 4.70. The van der Waals surface area contributed by atoms with Gasteiger partial charge in [0.25, 0.3) is 0 Å². The van der Waals surface area contributed by atoms with Gasteiger partial charge < -0.3 is 29.6 Å². The average molecular weight is 402 g/mol. The van der Waals surface area contributed by atoms with E-state index in [0.717, 1.165) is 48.5 Å². The second-order valence-electron chi connectivity index (χ2n) is 6.80. The molecule has 156 valence electrons. The third-order valence-electron chi connectivity index (χ3n) is 4.75. The highest BCUT2D eigenvalue weighted by Gasteiger charge is 2.22. The number of aryl methyl sites for hydroxylation is 1. The molecule has 1 aromatic carbocycles. The Kier molecular flexibility index (Phi) is 5.99. The van der Waals surface area contributed by atoms with Crippen molar-refractivity contribution in [1.82, 2.24) is 25.4 Å². The molecule has 10 nitrogen and oxygen atoms in total. The molecular weight excluding hydrogens is 376 g/mol. The summed E-state index contributed by atoms with van der Waals surface area (Å²) in [5.41, 5.74) is 0. The molecule has 0 fully saturated rings. The normalized spacial score (nSPS) is 17.7. The van der Waals surface area contributed by atoms with Crippen LogP contribution in [0.4, 0.5) is 0 Å². The molecular formula is C19H26N6O4. The molecule has 0 spiro atoms. The minimum atomic E-state index is 0.237. The number of aromatic nitrogens is 3. The van der Waals surface area contributed by atoms with Crippen molar-refractivity contribution in [3.8, 4) is 17.2 Å². The van der Waals surface area contributed by atoms with Crippen LogP contribution in [-0.2, 0) is 24.3 Å². The van der Waals surface area contributed by atoms with Gasteiger partial charge in [-0.25, -0.2) is 9.67 Å². The van der Waals surface area contributed by atoms with Crippen molar-refractivity contribution in [3.05, 3.63) is 29.8 Å². The lowest BCUT2D eigenvalue weighted by molar-refractivity contribution is 0.173. The van der Waals surface area contributed by atoms with Crippen LogP contribution in [0.1, 0.15) is 18.1 Å². The van der Waals surface area contributed by atoms with E-state index >= 15 is 0 Å². The molecule has 0 bridgehead atoms. The first-order valence-electron chi connectivity index (χ1n) is 9.66. The first kappa shape index (κ1) is 19.3. The third-order valence-corrected chi connectivity index (χ3v) is 4.75. The van der Waals surface area contributed by atoms with Crippen LogP contribution in [0.3, 0.4) is 0 Å². The standard InChI is InChI=1S/C19H26N6O4/c1-20-19(21-7-8-27-14-4-5-15-16(9-14)29-12-28-15)22-13-3-6-18-23-17(11-26-2)24-25(18)10-13/h4-5,9,13H,3,6-8,10-12H2,1-2H3,(H2,20,21,22). The van der Waals surface area contributed by atoms with E-state index in [9.17, 15) is 0 Å². The quantitative estimate of drug-likeness (QED) is 0.397. The molecule has 0 amide bonds. The number of ether oxygens (including phenoxy) is 4. The fourth-order valence-corrected chi connectivity index (χ4v) is 3.36. The highest BCUT2D eigenvalue weighted by atomic mass is 16.7. The summed E-state index contributed by atoms with van der Waals surface area (Å²) in [5.74, 6) is 4.69. The van der Waals surface area contributed by atoms with Gasteiger partial charge in [-0.15, -0.1) is 0 Å². The number of hydrogen-bond donors (Lipinski definition) is 2. The minimum Gasteiger partial charge on any atom is -0.492 e. The van der Waals surface area contributed by atoms with E-state index in [2.05, 4.69) is 25.7 Å². The van der Waals surface area contributed by atoms with E-state index in [-0.39, 0.29) is 12.8 Å². The van der Waals surface area contributed by atoms with Crippen LogP contribution in [0.2, 0.25) is 0 Å². The molecule has 2 aliphatic heterocycles. The number of nitrogens with zero attached hydrogens (tertiary/aromatic N) is 4. The maximum absolute atomic E-state index is 5.77. The van der Waals surface area contributed by atoms with Gasteiger partial charge in [0, 0.05) is 32.7 Å². The Labute approximate surface area is 169 Å². The predicted molar refractivity (Wildman–Crippen MR) is 105 cm³/mol. The van der Waals surface area contributed by atoms with Crippen LogP contribution in [0, 0.1) is 0 Å². The summed E-state index contributed by atoms with van der Waals surface area (Å²) in [5, 5.41) is 11.2. The van der Waals surface area contributed by atoms with Gasteiger partial charge in [-0.3, -0.25) is 4.99 Å².